The van der Waals surface area contributed by atoms with Gasteiger partial charge in [-0.3, -0.25) is 4.79 Å². The van der Waals surface area contributed by atoms with Crippen LogP contribution >= 0.6 is 27.3 Å². The van der Waals surface area contributed by atoms with Crippen LogP contribution in [-0.2, 0) is 11.2 Å². The van der Waals surface area contributed by atoms with Crippen LogP contribution in [0.25, 0.3) is 0 Å². The molecule has 1 N–H and O–H groups in total. The summed E-state index contributed by atoms with van der Waals surface area (Å²) in [6.07, 6.45) is 3.76. The largest absolute Gasteiger partial charge is 0.370 e. The maximum atomic E-state index is 14.3. The molecule has 8 heteroatoms. The van der Waals surface area contributed by atoms with E-state index in [0.717, 1.165) is 25.7 Å². The maximum absolute atomic E-state index is 14.3. The van der Waals surface area contributed by atoms with E-state index in [1.165, 1.54) is 11.3 Å². The Morgan fingerprint density at radius 3 is 2.75 bits per heavy atom. The summed E-state index contributed by atoms with van der Waals surface area (Å²) < 4.78 is 35.3. The Morgan fingerprint density at radius 2 is 2.08 bits per heavy atom. The van der Waals surface area contributed by atoms with E-state index in [2.05, 4.69) is 21.2 Å². The molecule has 1 aromatic heterocycles. The summed E-state index contributed by atoms with van der Waals surface area (Å²) in [5, 5.41) is 3.09. The third kappa shape index (κ3) is 2.12. The van der Waals surface area contributed by atoms with Crippen molar-refractivity contribution in [3.63, 3.8) is 0 Å². The molecule has 4 aliphatic heterocycles. The number of carbonyl (C=O) groups is 1. The Balaban J connectivity index is 1.57. The number of nitrogens with one attached hydrogen (secondary N) is 1. The van der Waals surface area contributed by atoms with Gasteiger partial charge in [0, 0.05) is 18.5 Å². The van der Waals surface area contributed by atoms with E-state index in [9.17, 15) is 13.6 Å². The fourth-order valence-electron chi connectivity index (χ4n) is 4.77. The predicted octanol–water partition coefficient (Wildman–Crippen LogP) is 3.33. The average molecular weight is 419 g/mol. The molecule has 0 aromatic carbocycles. The molecule has 1 amide bonds. The van der Waals surface area contributed by atoms with Crippen molar-refractivity contribution >= 4 is 38.9 Å². The molecular weight excluding hydrogens is 402 g/mol. The van der Waals surface area contributed by atoms with Gasteiger partial charge in [0.2, 0.25) is 0 Å². The SMILES string of the molecule is O=C1NC(C23CCC(CC2)O3)CN2CC(F)(F)Cc3c(Br)sc1c32. The second-order valence-corrected chi connectivity index (χ2v) is 9.69. The van der Waals surface area contributed by atoms with E-state index in [1.54, 1.807) is 4.90 Å². The number of halogens is 3. The second-order valence-electron chi connectivity index (χ2n) is 7.35. The third-order valence-electron chi connectivity index (χ3n) is 5.83. The van der Waals surface area contributed by atoms with Crippen molar-refractivity contribution in [3.8, 4) is 0 Å². The highest BCUT2D eigenvalue weighted by Crippen LogP contribution is 2.50. The number of hydrogen-bond donors (Lipinski definition) is 1. The lowest BCUT2D eigenvalue weighted by molar-refractivity contribution is -0.0178. The van der Waals surface area contributed by atoms with Crippen molar-refractivity contribution in [2.45, 2.75) is 55.8 Å². The summed E-state index contributed by atoms with van der Waals surface area (Å²) in [5.41, 5.74) is 0.886. The molecule has 4 aliphatic rings. The Hall–Kier alpha value is -0.730. The summed E-state index contributed by atoms with van der Waals surface area (Å²) in [6, 6.07) is -0.238. The topological polar surface area (TPSA) is 41.6 Å². The number of hydrogen-bond acceptors (Lipinski definition) is 4. The van der Waals surface area contributed by atoms with Gasteiger partial charge in [0.05, 0.1) is 33.8 Å². The van der Waals surface area contributed by atoms with Gasteiger partial charge in [-0.05, 0) is 41.6 Å². The van der Waals surface area contributed by atoms with E-state index in [0.29, 0.717) is 26.5 Å². The quantitative estimate of drug-likeness (QED) is 0.760. The first-order valence-corrected chi connectivity index (χ1v) is 9.90. The van der Waals surface area contributed by atoms with E-state index in [4.69, 9.17) is 4.74 Å². The zero-order valence-corrected chi connectivity index (χ0v) is 15.3. The number of carbonyl (C=O) groups excluding carboxylic acids is 1. The maximum Gasteiger partial charge on any atom is 0.269 e. The van der Waals surface area contributed by atoms with Crippen LogP contribution in [0.5, 0.6) is 0 Å². The summed E-state index contributed by atoms with van der Waals surface area (Å²) >= 11 is 4.63. The van der Waals surface area contributed by atoms with Crippen LogP contribution < -0.4 is 10.2 Å². The standard InChI is InChI=1S/C16H17BrF2N2O2S/c17-13-9-5-16(18,19)7-21-6-10(15-3-1-8(23-15)2-4-15)20-14(22)12(24-13)11(9)21/h8,10H,1-7H2,(H,20,22). The minimum absolute atomic E-state index is 0.159. The van der Waals surface area contributed by atoms with Gasteiger partial charge in [-0.2, -0.15) is 0 Å². The highest BCUT2D eigenvalue weighted by Gasteiger charge is 2.54. The summed E-state index contributed by atoms with van der Waals surface area (Å²) in [5.74, 6) is -2.94. The minimum atomic E-state index is -2.78. The van der Waals surface area contributed by atoms with Gasteiger partial charge in [0.1, 0.15) is 4.88 Å². The van der Waals surface area contributed by atoms with Crippen LogP contribution in [-0.4, -0.2) is 42.7 Å². The smallest absolute Gasteiger partial charge is 0.269 e. The number of thiophene rings is 1. The Kier molecular flexibility index (Phi) is 3.18. The number of alkyl halides is 2. The molecule has 2 saturated heterocycles. The molecule has 0 aliphatic carbocycles. The molecule has 5 rings (SSSR count). The average Bonchev–Trinajstić information content (AvgIpc) is 3.17. The molecule has 0 spiro atoms. The zero-order valence-electron chi connectivity index (χ0n) is 12.9. The van der Waals surface area contributed by atoms with Crippen LogP contribution in [0.4, 0.5) is 14.5 Å². The molecular formula is C16H17BrF2N2O2S. The number of fused-ring (bicyclic) bond motifs is 2. The fraction of sp³-hybridized carbons (Fsp3) is 0.688. The first kappa shape index (κ1) is 15.5. The molecule has 24 heavy (non-hydrogen) atoms. The fourth-order valence-corrected chi connectivity index (χ4v) is 6.55. The third-order valence-corrected chi connectivity index (χ3v) is 7.81. The van der Waals surface area contributed by atoms with Crippen LogP contribution in [0.1, 0.15) is 40.9 Å². The van der Waals surface area contributed by atoms with Crippen molar-refractivity contribution in [3.05, 3.63) is 14.2 Å². The molecule has 130 valence electrons. The lowest BCUT2D eigenvalue weighted by Crippen LogP contribution is -2.57. The molecule has 1 atom stereocenters. The molecule has 1 aromatic rings. The lowest BCUT2D eigenvalue weighted by Gasteiger charge is -2.39. The van der Waals surface area contributed by atoms with Crippen LogP contribution in [0.3, 0.4) is 0 Å². The Labute approximate surface area is 150 Å². The van der Waals surface area contributed by atoms with E-state index >= 15 is 0 Å². The Bertz CT molecular complexity index is 730. The predicted molar refractivity (Wildman–Crippen MR) is 90.2 cm³/mol. The van der Waals surface area contributed by atoms with Crippen molar-refractivity contribution in [2.24, 2.45) is 0 Å². The normalized spacial score (nSPS) is 36.5. The van der Waals surface area contributed by atoms with E-state index in [-0.39, 0.29) is 36.6 Å². The molecule has 2 fully saturated rings. The van der Waals surface area contributed by atoms with Gasteiger partial charge in [-0.25, -0.2) is 8.78 Å². The van der Waals surface area contributed by atoms with Gasteiger partial charge in [-0.1, -0.05) is 0 Å². The second kappa shape index (κ2) is 4.92. The highest BCUT2D eigenvalue weighted by atomic mass is 79.9. The highest BCUT2D eigenvalue weighted by molar-refractivity contribution is 9.11. The lowest BCUT2D eigenvalue weighted by atomic mass is 9.82. The van der Waals surface area contributed by atoms with Crippen molar-refractivity contribution in [1.29, 1.82) is 0 Å². The van der Waals surface area contributed by atoms with E-state index in [1.807, 2.05) is 0 Å². The van der Waals surface area contributed by atoms with E-state index < -0.39 is 5.92 Å². The number of ether oxygens (including phenoxy) is 1. The van der Waals surface area contributed by atoms with Crippen molar-refractivity contribution < 1.29 is 18.3 Å². The first-order valence-electron chi connectivity index (χ1n) is 8.30. The zero-order chi connectivity index (χ0) is 16.7. The molecule has 1 unspecified atom stereocenters. The summed E-state index contributed by atoms with van der Waals surface area (Å²) in [4.78, 5) is 15.0. The molecule has 4 nitrogen and oxygen atoms in total. The van der Waals surface area contributed by atoms with Crippen LogP contribution in [0.2, 0.25) is 0 Å². The summed E-state index contributed by atoms with van der Waals surface area (Å²) in [7, 11) is 0. The van der Waals surface area contributed by atoms with Crippen LogP contribution in [0, 0.1) is 0 Å². The first-order chi connectivity index (χ1) is 11.4. The van der Waals surface area contributed by atoms with Gasteiger partial charge in [-0.15, -0.1) is 11.3 Å². The van der Waals surface area contributed by atoms with Crippen molar-refractivity contribution in [2.75, 3.05) is 18.0 Å². The van der Waals surface area contributed by atoms with Crippen molar-refractivity contribution in [1.82, 2.24) is 5.32 Å². The molecule has 5 heterocycles. The number of anilines is 1. The summed E-state index contributed by atoms with van der Waals surface area (Å²) in [6.45, 7) is 0.0539. The van der Waals surface area contributed by atoms with Gasteiger partial charge in [0.25, 0.3) is 11.8 Å². The van der Waals surface area contributed by atoms with Crippen LogP contribution in [0.15, 0.2) is 3.79 Å². The van der Waals surface area contributed by atoms with Gasteiger partial charge >= 0.3 is 0 Å². The molecule has 0 radical (unpaired) electrons. The molecule has 2 bridgehead atoms. The number of rotatable bonds is 1. The monoisotopic (exact) mass is 418 g/mol. The number of amides is 1. The van der Waals surface area contributed by atoms with Gasteiger partial charge in [0.15, 0.2) is 0 Å². The minimum Gasteiger partial charge on any atom is -0.370 e. The Morgan fingerprint density at radius 1 is 1.33 bits per heavy atom. The van der Waals surface area contributed by atoms with Gasteiger partial charge < -0.3 is 15.0 Å². The molecule has 0 saturated carbocycles. The number of nitrogens with zero attached hydrogens (tertiary/aromatic N) is 1.